The first-order valence-electron chi connectivity index (χ1n) is 9.11. The van der Waals surface area contributed by atoms with Crippen molar-refractivity contribution in [1.29, 1.82) is 0 Å². The number of methoxy groups -OCH3 is 1. The molecular weight excluding hydrogens is 496 g/mol. The second-order valence-corrected chi connectivity index (χ2v) is 11.4. The molecule has 1 fully saturated rings. The molecule has 9 heteroatoms. The number of rotatable bonds is 6. The minimum atomic E-state index is -3.59. The van der Waals surface area contributed by atoms with Crippen LogP contribution in [0.5, 0.6) is 5.75 Å². The molecule has 1 aliphatic rings. The standard InChI is InChI=1S/C20H20BrClN2O3S2/c1-27-18-7-6-13-4-2-3-5-15(13)16(18)12-24-9-8-14(11-24)23-29(25,26)19-10-17(21)20(22)28-19/h2-7,10,14,23H,8-9,11-12H2,1H3. The molecule has 3 aromatic rings. The van der Waals surface area contributed by atoms with Gasteiger partial charge in [-0.05, 0) is 45.3 Å². The molecule has 0 amide bonds. The third kappa shape index (κ3) is 4.47. The molecule has 1 unspecified atom stereocenters. The Bertz CT molecular complexity index is 1130. The van der Waals surface area contributed by atoms with Crippen molar-refractivity contribution in [2.75, 3.05) is 20.2 Å². The monoisotopic (exact) mass is 514 g/mol. The molecule has 0 bridgehead atoms. The summed E-state index contributed by atoms with van der Waals surface area (Å²) >= 11 is 10.3. The van der Waals surface area contributed by atoms with Crippen LogP contribution in [0, 0.1) is 0 Å². The minimum Gasteiger partial charge on any atom is -0.496 e. The number of nitrogens with one attached hydrogen (secondary N) is 1. The molecule has 2 heterocycles. The van der Waals surface area contributed by atoms with Crippen molar-refractivity contribution < 1.29 is 13.2 Å². The highest BCUT2D eigenvalue weighted by Gasteiger charge is 2.29. The number of hydrogen-bond donors (Lipinski definition) is 1. The van der Waals surface area contributed by atoms with Crippen LogP contribution in [0.1, 0.15) is 12.0 Å². The van der Waals surface area contributed by atoms with Gasteiger partial charge in [0.2, 0.25) is 10.0 Å². The molecule has 0 aliphatic carbocycles. The zero-order valence-electron chi connectivity index (χ0n) is 15.7. The topological polar surface area (TPSA) is 58.6 Å². The summed E-state index contributed by atoms with van der Waals surface area (Å²) in [6, 6.07) is 13.7. The molecule has 1 saturated heterocycles. The van der Waals surface area contributed by atoms with Crippen molar-refractivity contribution in [2.45, 2.75) is 23.2 Å². The Hall–Kier alpha value is -1.16. The number of thiophene rings is 1. The van der Waals surface area contributed by atoms with Gasteiger partial charge in [-0.1, -0.05) is 41.9 Å². The van der Waals surface area contributed by atoms with Crippen LogP contribution in [0.3, 0.4) is 0 Å². The number of halogens is 2. The quantitative estimate of drug-likeness (QED) is 0.508. The maximum atomic E-state index is 12.7. The number of fused-ring (bicyclic) bond motifs is 1. The maximum absolute atomic E-state index is 12.7. The van der Waals surface area contributed by atoms with Crippen LogP contribution in [0.15, 0.2) is 51.1 Å². The fourth-order valence-corrected chi connectivity index (χ4v) is 7.28. The zero-order chi connectivity index (χ0) is 20.6. The average Bonchev–Trinajstić information content (AvgIpc) is 3.28. The van der Waals surface area contributed by atoms with E-state index in [-0.39, 0.29) is 10.3 Å². The van der Waals surface area contributed by atoms with E-state index in [1.807, 2.05) is 18.2 Å². The molecule has 5 nitrogen and oxygen atoms in total. The molecule has 1 N–H and O–H groups in total. The minimum absolute atomic E-state index is 0.138. The second kappa shape index (κ2) is 8.53. The highest BCUT2D eigenvalue weighted by atomic mass is 79.9. The molecule has 0 saturated carbocycles. The summed E-state index contributed by atoms with van der Waals surface area (Å²) in [6.07, 6.45) is 0.757. The molecule has 2 aromatic carbocycles. The highest BCUT2D eigenvalue weighted by molar-refractivity contribution is 9.10. The van der Waals surface area contributed by atoms with Gasteiger partial charge in [-0.3, -0.25) is 4.90 Å². The summed E-state index contributed by atoms with van der Waals surface area (Å²) in [6.45, 7) is 2.17. The second-order valence-electron chi connectivity index (χ2n) is 7.00. The third-order valence-electron chi connectivity index (χ3n) is 5.08. The number of nitrogens with zero attached hydrogens (tertiary/aromatic N) is 1. The van der Waals surface area contributed by atoms with Gasteiger partial charge in [0, 0.05) is 35.7 Å². The fourth-order valence-electron chi connectivity index (χ4n) is 3.70. The molecule has 29 heavy (non-hydrogen) atoms. The van der Waals surface area contributed by atoms with Gasteiger partial charge >= 0.3 is 0 Å². The summed E-state index contributed by atoms with van der Waals surface area (Å²) in [7, 11) is -1.91. The largest absolute Gasteiger partial charge is 0.496 e. The molecule has 0 radical (unpaired) electrons. The van der Waals surface area contributed by atoms with Gasteiger partial charge in [-0.25, -0.2) is 13.1 Å². The lowest BCUT2D eigenvalue weighted by Gasteiger charge is -2.20. The van der Waals surface area contributed by atoms with Crippen molar-refractivity contribution in [3.63, 3.8) is 0 Å². The number of sulfonamides is 1. The van der Waals surface area contributed by atoms with Gasteiger partial charge in [0.15, 0.2) is 0 Å². The molecular formula is C20H20BrClN2O3S2. The van der Waals surface area contributed by atoms with Gasteiger partial charge in [0.25, 0.3) is 0 Å². The SMILES string of the molecule is COc1ccc2ccccc2c1CN1CCC(NS(=O)(=O)c2cc(Br)c(Cl)s2)C1. The number of ether oxygens (including phenoxy) is 1. The summed E-state index contributed by atoms with van der Waals surface area (Å²) in [5, 5.41) is 2.33. The van der Waals surface area contributed by atoms with Gasteiger partial charge in [-0.15, -0.1) is 11.3 Å². The van der Waals surface area contributed by atoms with E-state index in [4.69, 9.17) is 16.3 Å². The van der Waals surface area contributed by atoms with Crippen LogP contribution < -0.4 is 9.46 Å². The van der Waals surface area contributed by atoms with E-state index in [9.17, 15) is 8.42 Å². The van der Waals surface area contributed by atoms with Crippen LogP contribution in [0.4, 0.5) is 0 Å². The lowest BCUT2D eigenvalue weighted by molar-refractivity contribution is 0.316. The molecule has 154 valence electrons. The molecule has 4 rings (SSSR count). The van der Waals surface area contributed by atoms with Gasteiger partial charge in [0.1, 0.15) is 14.3 Å². The van der Waals surface area contributed by atoms with Crippen LogP contribution in [0.25, 0.3) is 10.8 Å². The van der Waals surface area contributed by atoms with E-state index < -0.39 is 10.0 Å². The van der Waals surface area contributed by atoms with Crippen molar-refractivity contribution in [3.05, 3.63) is 56.8 Å². The van der Waals surface area contributed by atoms with E-state index >= 15 is 0 Å². The summed E-state index contributed by atoms with van der Waals surface area (Å²) in [5.41, 5.74) is 1.13. The number of likely N-dealkylation sites (tertiary alicyclic amines) is 1. The highest BCUT2D eigenvalue weighted by Crippen LogP contribution is 2.35. The lowest BCUT2D eigenvalue weighted by atomic mass is 10.0. The maximum Gasteiger partial charge on any atom is 0.250 e. The lowest BCUT2D eigenvalue weighted by Crippen LogP contribution is -2.36. The Kier molecular flexibility index (Phi) is 6.20. The van der Waals surface area contributed by atoms with E-state index in [0.717, 1.165) is 41.0 Å². The predicted octanol–water partition coefficient (Wildman–Crippen LogP) is 4.88. The fraction of sp³-hybridized carbons (Fsp3) is 0.300. The smallest absolute Gasteiger partial charge is 0.250 e. The first-order valence-corrected chi connectivity index (χ1v) is 12.6. The van der Waals surface area contributed by atoms with E-state index in [1.54, 1.807) is 13.2 Å². The summed E-state index contributed by atoms with van der Waals surface area (Å²) < 4.78 is 35.0. The number of hydrogen-bond acceptors (Lipinski definition) is 5. The summed E-state index contributed by atoms with van der Waals surface area (Å²) in [5.74, 6) is 0.853. The summed E-state index contributed by atoms with van der Waals surface area (Å²) in [4.78, 5) is 2.26. The molecule has 0 spiro atoms. The number of benzene rings is 2. The molecule has 1 aliphatic heterocycles. The first kappa shape index (κ1) is 21.1. The van der Waals surface area contributed by atoms with Crippen LogP contribution in [0.2, 0.25) is 4.34 Å². The Morgan fingerprint density at radius 1 is 1.31 bits per heavy atom. The normalized spacial score (nSPS) is 17.8. The van der Waals surface area contributed by atoms with Crippen molar-refractivity contribution in [1.82, 2.24) is 9.62 Å². The Labute approximate surface area is 187 Å². The Balaban J connectivity index is 1.49. The molecule has 1 aromatic heterocycles. The van der Waals surface area contributed by atoms with Crippen molar-refractivity contribution in [3.8, 4) is 5.75 Å². The van der Waals surface area contributed by atoms with Crippen LogP contribution in [-0.2, 0) is 16.6 Å². The van der Waals surface area contributed by atoms with E-state index in [1.165, 1.54) is 5.39 Å². The zero-order valence-corrected chi connectivity index (χ0v) is 19.7. The van der Waals surface area contributed by atoms with Gasteiger partial charge < -0.3 is 4.74 Å². The van der Waals surface area contributed by atoms with Crippen LogP contribution in [-0.4, -0.2) is 39.6 Å². The van der Waals surface area contributed by atoms with Gasteiger partial charge in [0.05, 0.1) is 7.11 Å². The van der Waals surface area contributed by atoms with Gasteiger partial charge in [-0.2, -0.15) is 0 Å². The average molecular weight is 516 g/mol. The predicted molar refractivity (Wildman–Crippen MR) is 122 cm³/mol. The Morgan fingerprint density at radius 2 is 2.10 bits per heavy atom. The van der Waals surface area contributed by atoms with Crippen molar-refractivity contribution >= 4 is 59.7 Å². The first-order chi connectivity index (χ1) is 13.9. The third-order valence-corrected chi connectivity index (χ3v) is 9.55. The van der Waals surface area contributed by atoms with E-state index in [2.05, 4.69) is 43.8 Å². The Morgan fingerprint density at radius 3 is 2.83 bits per heavy atom. The molecule has 1 atom stereocenters. The van der Waals surface area contributed by atoms with Crippen molar-refractivity contribution in [2.24, 2.45) is 0 Å². The van der Waals surface area contributed by atoms with E-state index in [0.29, 0.717) is 21.9 Å². The van der Waals surface area contributed by atoms with Crippen LogP contribution >= 0.6 is 38.9 Å².